The molecule has 33 heavy (non-hydrogen) atoms. The molecule has 1 atom stereocenters. The number of fused-ring (bicyclic) bond motifs is 1. The molecule has 0 N–H and O–H groups in total. The average Bonchev–Trinajstić information content (AvgIpc) is 3.09. The Morgan fingerprint density at radius 2 is 1.82 bits per heavy atom. The molecular weight excluding hydrogens is 440 g/mol. The normalized spacial score (nSPS) is 15.6. The molecule has 4 rings (SSSR count). The summed E-state index contributed by atoms with van der Waals surface area (Å²) in [6, 6.07) is 15.7. The van der Waals surface area contributed by atoms with Crippen LogP contribution in [0.25, 0.3) is 6.08 Å². The van der Waals surface area contributed by atoms with E-state index in [1.54, 1.807) is 44.2 Å². The lowest BCUT2D eigenvalue weighted by Crippen LogP contribution is -2.39. The van der Waals surface area contributed by atoms with E-state index < -0.39 is 18.0 Å². The number of rotatable bonds is 5. The van der Waals surface area contributed by atoms with Crippen molar-refractivity contribution in [2.75, 3.05) is 6.61 Å². The van der Waals surface area contributed by atoms with Crippen LogP contribution in [0.4, 0.5) is 0 Å². The van der Waals surface area contributed by atoms with Gasteiger partial charge in [-0.3, -0.25) is 14.2 Å². The number of ether oxygens (including phenoxy) is 2. The standard InChI is InChI=1S/C25H22N2O5S/c1-4-31-24(30)21-15(2)26-25-27(22(21)17-10-6-5-7-11-17)23(29)20(33-25)14-18-12-8-9-13-19(18)32-16(3)28/h5-14,22H,4H2,1-3H3. The quantitative estimate of drug-likeness (QED) is 0.430. The Morgan fingerprint density at radius 3 is 2.52 bits per heavy atom. The third kappa shape index (κ3) is 4.42. The topological polar surface area (TPSA) is 87.0 Å². The zero-order valence-electron chi connectivity index (χ0n) is 18.4. The maximum Gasteiger partial charge on any atom is 0.338 e. The van der Waals surface area contributed by atoms with Crippen LogP contribution in [0.2, 0.25) is 0 Å². The van der Waals surface area contributed by atoms with Crippen LogP contribution in [0.5, 0.6) is 5.75 Å². The maximum atomic E-state index is 13.6. The minimum absolute atomic E-state index is 0.217. The molecule has 2 aromatic carbocycles. The Hall–Kier alpha value is -3.78. The SMILES string of the molecule is CCOC(=O)C1=C(C)N=c2sc(=Cc3ccccc3OC(C)=O)c(=O)n2C1c1ccccc1. The molecule has 8 heteroatoms. The lowest BCUT2D eigenvalue weighted by Gasteiger charge is -2.24. The van der Waals surface area contributed by atoms with E-state index in [-0.39, 0.29) is 12.2 Å². The molecule has 1 unspecified atom stereocenters. The van der Waals surface area contributed by atoms with Crippen molar-refractivity contribution < 1.29 is 19.1 Å². The predicted molar refractivity (Wildman–Crippen MR) is 125 cm³/mol. The van der Waals surface area contributed by atoms with Crippen LogP contribution in [0, 0.1) is 0 Å². The van der Waals surface area contributed by atoms with E-state index in [1.165, 1.54) is 22.8 Å². The molecule has 0 spiro atoms. The molecule has 0 amide bonds. The van der Waals surface area contributed by atoms with E-state index in [1.807, 2.05) is 30.3 Å². The first kappa shape index (κ1) is 22.4. The second-order valence-electron chi connectivity index (χ2n) is 7.34. The van der Waals surface area contributed by atoms with E-state index >= 15 is 0 Å². The number of thiazole rings is 1. The first-order chi connectivity index (χ1) is 15.9. The van der Waals surface area contributed by atoms with Crippen LogP contribution < -0.4 is 19.6 Å². The molecule has 168 valence electrons. The summed E-state index contributed by atoms with van der Waals surface area (Å²) in [7, 11) is 0. The zero-order valence-corrected chi connectivity index (χ0v) is 19.2. The Morgan fingerprint density at radius 1 is 1.12 bits per heavy atom. The van der Waals surface area contributed by atoms with Gasteiger partial charge in [-0.05, 0) is 31.6 Å². The van der Waals surface area contributed by atoms with Crippen molar-refractivity contribution in [3.05, 3.63) is 96.7 Å². The Labute approximate surface area is 193 Å². The molecule has 3 aromatic rings. The summed E-state index contributed by atoms with van der Waals surface area (Å²) in [6.07, 6.45) is 1.67. The van der Waals surface area contributed by atoms with Crippen molar-refractivity contribution >= 4 is 29.4 Å². The van der Waals surface area contributed by atoms with Gasteiger partial charge in [-0.1, -0.05) is 59.9 Å². The second kappa shape index (κ2) is 9.38. The summed E-state index contributed by atoms with van der Waals surface area (Å²) in [5, 5.41) is 0. The van der Waals surface area contributed by atoms with Crippen molar-refractivity contribution in [1.29, 1.82) is 0 Å². The lowest BCUT2D eigenvalue weighted by atomic mass is 9.96. The minimum Gasteiger partial charge on any atom is -0.463 e. The van der Waals surface area contributed by atoms with Crippen molar-refractivity contribution in [1.82, 2.24) is 4.57 Å². The first-order valence-corrected chi connectivity index (χ1v) is 11.2. The molecule has 0 bridgehead atoms. The van der Waals surface area contributed by atoms with Crippen molar-refractivity contribution in [2.24, 2.45) is 4.99 Å². The number of carbonyl (C=O) groups is 2. The Kier molecular flexibility index (Phi) is 6.37. The highest BCUT2D eigenvalue weighted by Crippen LogP contribution is 2.30. The highest BCUT2D eigenvalue weighted by atomic mass is 32.1. The van der Waals surface area contributed by atoms with E-state index in [4.69, 9.17) is 9.47 Å². The summed E-state index contributed by atoms with van der Waals surface area (Å²) in [5.41, 5.74) is 1.93. The van der Waals surface area contributed by atoms with E-state index in [0.717, 1.165) is 5.56 Å². The van der Waals surface area contributed by atoms with Gasteiger partial charge in [-0.2, -0.15) is 0 Å². The average molecular weight is 463 g/mol. The molecule has 0 fully saturated rings. The predicted octanol–water partition coefficient (Wildman–Crippen LogP) is 2.72. The highest BCUT2D eigenvalue weighted by molar-refractivity contribution is 7.07. The van der Waals surface area contributed by atoms with Gasteiger partial charge in [0.1, 0.15) is 5.75 Å². The summed E-state index contributed by atoms with van der Waals surface area (Å²) >= 11 is 1.22. The van der Waals surface area contributed by atoms with Crippen molar-refractivity contribution in [3.63, 3.8) is 0 Å². The van der Waals surface area contributed by atoms with Crippen molar-refractivity contribution in [2.45, 2.75) is 26.8 Å². The molecule has 1 aromatic heterocycles. The number of allylic oxidation sites excluding steroid dienone is 1. The number of nitrogens with zero attached hydrogens (tertiary/aromatic N) is 2. The smallest absolute Gasteiger partial charge is 0.338 e. The number of carbonyl (C=O) groups excluding carboxylic acids is 2. The van der Waals surface area contributed by atoms with Gasteiger partial charge in [-0.25, -0.2) is 9.79 Å². The number of hydrogen-bond donors (Lipinski definition) is 0. The third-order valence-electron chi connectivity index (χ3n) is 5.09. The van der Waals surface area contributed by atoms with Crippen LogP contribution >= 0.6 is 11.3 Å². The molecule has 2 heterocycles. The second-order valence-corrected chi connectivity index (χ2v) is 8.35. The van der Waals surface area contributed by atoms with Crippen LogP contribution in [0.1, 0.15) is 37.9 Å². The fraction of sp³-hybridized carbons (Fsp3) is 0.200. The number of aromatic nitrogens is 1. The fourth-order valence-electron chi connectivity index (χ4n) is 3.73. The van der Waals surface area contributed by atoms with E-state index in [0.29, 0.717) is 31.9 Å². The Balaban J connectivity index is 1.94. The van der Waals surface area contributed by atoms with Crippen LogP contribution in [0.3, 0.4) is 0 Å². The molecule has 0 saturated carbocycles. The van der Waals surface area contributed by atoms with Crippen LogP contribution in [-0.2, 0) is 14.3 Å². The summed E-state index contributed by atoms with van der Waals surface area (Å²) < 4.78 is 12.5. The summed E-state index contributed by atoms with van der Waals surface area (Å²) in [5.74, 6) is -0.586. The lowest BCUT2D eigenvalue weighted by molar-refractivity contribution is -0.139. The zero-order chi connectivity index (χ0) is 23.5. The monoisotopic (exact) mass is 462 g/mol. The van der Waals surface area contributed by atoms with Gasteiger partial charge < -0.3 is 9.47 Å². The first-order valence-electron chi connectivity index (χ1n) is 10.4. The van der Waals surface area contributed by atoms with Gasteiger partial charge >= 0.3 is 11.9 Å². The van der Waals surface area contributed by atoms with Gasteiger partial charge in [0.25, 0.3) is 5.56 Å². The van der Waals surface area contributed by atoms with E-state index in [9.17, 15) is 14.4 Å². The fourth-order valence-corrected chi connectivity index (χ4v) is 4.77. The van der Waals surface area contributed by atoms with Gasteiger partial charge in [-0.15, -0.1) is 0 Å². The molecule has 0 radical (unpaired) electrons. The van der Waals surface area contributed by atoms with Crippen LogP contribution in [-0.4, -0.2) is 23.1 Å². The molecule has 7 nitrogen and oxygen atoms in total. The molecule has 0 aliphatic carbocycles. The number of para-hydroxylation sites is 1. The summed E-state index contributed by atoms with van der Waals surface area (Å²) in [4.78, 5) is 42.9. The van der Waals surface area contributed by atoms with Crippen molar-refractivity contribution in [3.8, 4) is 5.75 Å². The van der Waals surface area contributed by atoms with Gasteiger partial charge in [0.05, 0.1) is 28.5 Å². The molecule has 1 aliphatic rings. The van der Waals surface area contributed by atoms with Crippen LogP contribution in [0.15, 0.2) is 75.7 Å². The van der Waals surface area contributed by atoms with Gasteiger partial charge in [0.2, 0.25) is 0 Å². The number of hydrogen-bond acceptors (Lipinski definition) is 7. The van der Waals surface area contributed by atoms with E-state index in [2.05, 4.69) is 4.99 Å². The number of esters is 2. The maximum absolute atomic E-state index is 13.6. The Bertz CT molecular complexity index is 1430. The third-order valence-corrected chi connectivity index (χ3v) is 6.07. The summed E-state index contributed by atoms with van der Waals surface area (Å²) in [6.45, 7) is 5.02. The number of benzene rings is 2. The molecule has 1 aliphatic heterocycles. The highest BCUT2D eigenvalue weighted by Gasteiger charge is 2.33. The van der Waals surface area contributed by atoms with Gasteiger partial charge in [0.15, 0.2) is 4.80 Å². The molecular formula is C25H22N2O5S. The molecule has 0 saturated heterocycles. The largest absolute Gasteiger partial charge is 0.463 e. The van der Waals surface area contributed by atoms with Gasteiger partial charge in [0, 0.05) is 12.5 Å². The minimum atomic E-state index is -0.660.